The van der Waals surface area contributed by atoms with Crippen LogP contribution in [0, 0.1) is 17.8 Å². The lowest BCUT2D eigenvalue weighted by atomic mass is 9.80. The van der Waals surface area contributed by atoms with Crippen LogP contribution in [0.2, 0.25) is 0 Å². The van der Waals surface area contributed by atoms with Crippen LogP contribution in [0.1, 0.15) is 54.9 Å². The number of rotatable bonds is 2. The topological polar surface area (TPSA) is 38.5 Å². The first kappa shape index (κ1) is 16.3. The first-order valence-electron chi connectivity index (χ1n) is 8.24. The highest BCUT2D eigenvalue weighted by Crippen LogP contribution is 2.42. The molecule has 2 N–H and O–H groups in total. The molecule has 5 unspecified atom stereocenters. The van der Waals surface area contributed by atoms with Gasteiger partial charge in [-0.15, -0.1) is 0 Å². The summed E-state index contributed by atoms with van der Waals surface area (Å²) in [5.41, 5.74) is 6.16. The lowest BCUT2D eigenvalue weighted by Gasteiger charge is -2.44. The number of hydrogen-bond donors (Lipinski definition) is 1. The molecule has 118 valence electrons. The molecule has 2 aliphatic rings. The Morgan fingerprint density at radius 2 is 1.70 bits per heavy atom. The summed E-state index contributed by atoms with van der Waals surface area (Å²) in [4.78, 5) is 2.65. The largest absolute Gasteiger partial charge is 0.368 e. The normalized spacial score (nSPS) is 44.7. The van der Waals surface area contributed by atoms with Crippen LogP contribution in [-0.4, -0.2) is 41.3 Å². The van der Waals surface area contributed by atoms with Gasteiger partial charge in [0.05, 0.1) is 11.2 Å². The molecule has 0 aromatic carbocycles. The molecule has 3 heteroatoms. The number of likely N-dealkylation sites (tertiary alicyclic amines) is 1. The van der Waals surface area contributed by atoms with Gasteiger partial charge < -0.3 is 10.5 Å². The van der Waals surface area contributed by atoms with Crippen LogP contribution in [0.25, 0.3) is 0 Å². The molecule has 0 bridgehead atoms. The van der Waals surface area contributed by atoms with E-state index in [2.05, 4.69) is 53.4 Å². The SMILES string of the molecule is CC1CC(C)C(C)N(CC2C(N)C(C)(C)OC2(C)C)C1. The van der Waals surface area contributed by atoms with Gasteiger partial charge in [-0.25, -0.2) is 0 Å². The predicted molar refractivity (Wildman–Crippen MR) is 84.7 cm³/mol. The Morgan fingerprint density at radius 1 is 1.10 bits per heavy atom. The van der Waals surface area contributed by atoms with Gasteiger partial charge >= 0.3 is 0 Å². The minimum absolute atomic E-state index is 0.109. The number of ether oxygens (including phenoxy) is 1. The summed E-state index contributed by atoms with van der Waals surface area (Å²) in [6.07, 6.45) is 1.35. The summed E-state index contributed by atoms with van der Waals surface area (Å²) in [6.45, 7) is 18.0. The Bertz CT molecular complexity index is 353. The molecule has 3 nitrogen and oxygen atoms in total. The third-order valence-electron chi connectivity index (χ3n) is 5.81. The maximum Gasteiger partial charge on any atom is 0.0788 e. The van der Waals surface area contributed by atoms with Crippen molar-refractivity contribution in [3.8, 4) is 0 Å². The molecule has 2 rings (SSSR count). The van der Waals surface area contributed by atoms with Crippen LogP contribution in [0.3, 0.4) is 0 Å². The molecule has 0 spiro atoms. The van der Waals surface area contributed by atoms with Crippen molar-refractivity contribution < 1.29 is 4.74 Å². The maximum absolute atomic E-state index is 6.51. The van der Waals surface area contributed by atoms with Crippen molar-refractivity contribution in [2.75, 3.05) is 13.1 Å². The van der Waals surface area contributed by atoms with Crippen LogP contribution in [0.5, 0.6) is 0 Å². The van der Waals surface area contributed by atoms with Gasteiger partial charge in [-0.1, -0.05) is 13.8 Å². The minimum Gasteiger partial charge on any atom is -0.368 e. The zero-order valence-electron chi connectivity index (χ0n) is 14.4. The third-order valence-corrected chi connectivity index (χ3v) is 5.81. The van der Waals surface area contributed by atoms with Crippen molar-refractivity contribution in [3.05, 3.63) is 0 Å². The van der Waals surface area contributed by atoms with Gasteiger partial charge in [-0.2, -0.15) is 0 Å². The highest BCUT2D eigenvalue weighted by molar-refractivity contribution is 5.05. The summed E-state index contributed by atoms with van der Waals surface area (Å²) in [6, 6.07) is 0.759. The van der Waals surface area contributed by atoms with E-state index in [1.54, 1.807) is 0 Å². The second-order valence-electron chi connectivity index (χ2n) is 8.45. The van der Waals surface area contributed by atoms with Gasteiger partial charge in [-0.05, 0) is 52.9 Å². The molecule has 0 aromatic heterocycles. The molecule has 0 amide bonds. The van der Waals surface area contributed by atoms with Gasteiger partial charge in [0.2, 0.25) is 0 Å². The van der Waals surface area contributed by atoms with E-state index in [1.807, 2.05) is 0 Å². The van der Waals surface area contributed by atoms with E-state index in [0.29, 0.717) is 12.0 Å². The average Bonchev–Trinajstić information content (AvgIpc) is 2.43. The van der Waals surface area contributed by atoms with E-state index in [4.69, 9.17) is 10.5 Å². The van der Waals surface area contributed by atoms with Crippen molar-refractivity contribution in [1.29, 1.82) is 0 Å². The number of hydrogen-bond acceptors (Lipinski definition) is 3. The fourth-order valence-electron chi connectivity index (χ4n) is 4.40. The monoisotopic (exact) mass is 282 g/mol. The van der Waals surface area contributed by atoms with E-state index in [0.717, 1.165) is 18.4 Å². The summed E-state index contributed by atoms with van der Waals surface area (Å²) < 4.78 is 6.24. The molecular weight excluding hydrogens is 248 g/mol. The zero-order chi connectivity index (χ0) is 15.3. The Morgan fingerprint density at radius 3 is 2.20 bits per heavy atom. The van der Waals surface area contributed by atoms with Crippen molar-refractivity contribution in [2.45, 2.75) is 78.2 Å². The number of piperidine rings is 1. The highest BCUT2D eigenvalue weighted by atomic mass is 16.5. The van der Waals surface area contributed by atoms with Crippen LogP contribution in [-0.2, 0) is 4.74 Å². The lowest BCUT2D eigenvalue weighted by molar-refractivity contribution is -0.0808. The minimum atomic E-state index is -0.218. The van der Waals surface area contributed by atoms with E-state index in [-0.39, 0.29) is 17.2 Å². The third kappa shape index (κ3) is 2.90. The molecule has 0 saturated carbocycles. The molecule has 5 atom stereocenters. The van der Waals surface area contributed by atoms with Crippen molar-refractivity contribution in [1.82, 2.24) is 4.90 Å². The molecule has 2 heterocycles. The fraction of sp³-hybridized carbons (Fsp3) is 1.00. The fourth-order valence-corrected chi connectivity index (χ4v) is 4.40. The first-order chi connectivity index (χ1) is 9.04. The second-order valence-corrected chi connectivity index (χ2v) is 8.45. The van der Waals surface area contributed by atoms with Gasteiger partial charge in [0.15, 0.2) is 0 Å². The zero-order valence-corrected chi connectivity index (χ0v) is 14.4. The highest BCUT2D eigenvalue weighted by Gasteiger charge is 2.52. The molecule has 20 heavy (non-hydrogen) atoms. The molecule has 0 aliphatic carbocycles. The van der Waals surface area contributed by atoms with E-state index in [9.17, 15) is 0 Å². The molecule has 0 aromatic rings. The second kappa shape index (κ2) is 5.26. The summed E-state index contributed by atoms with van der Waals surface area (Å²) >= 11 is 0. The average molecular weight is 282 g/mol. The van der Waals surface area contributed by atoms with Crippen LogP contribution in [0.4, 0.5) is 0 Å². The quantitative estimate of drug-likeness (QED) is 0.846. The Balaban J connectivity index is 2.12. The summed E-state index contributed by atoms with van der Waals surface area (Å²) in [7, 11) is 0. The number of nitrogens with two attached hydrogens (primary N) is 1. The summed E-state index contributed by atoms with van der Waals surface area (Å²) in [5, 5.41) is 0. The van der Waals surface area contributed by atoms with Gasteiger partial charge in [0, 0.05) is 31.1 Å². The first-order valence-corrected chi connectivity index (χ1v) is 8.24. The predicted octanol–water partition coefficient (Wildman–Crippen LogP) is 2.88. The Labute approximate surface area is 125 Å². The maximum atomic E-state index is 6.51. The van der Waals surface area contributed by atoms with Crippen molar-refractivity contribution in [3.63, 3.8) is 0 Å². The van der Waals surface area contributed by atoms with E-state index < -0.39 is 0 Å². The van der Waals surface area contributed by atoms with Crippen molar-refractivity contribution >= 4 is 0 Å². The van der Waals surface area contributed by atoms with Crippen LogP contribution in [0.15, 0.2) is 0 Å². The van der Waals surface area contributed by atoms with Crippen molar-refractivity contribution in [2.24, 2.45) is 23.5 Å². The number of nitrogens with zero attached hydrogens (tertiary/aromatic N) is 1. The smallest absolute Gasteiger partial charge is 0.0788 e. The summed E-state index contributed by atoms with van der Waals surface area (Å²) in [5.74, 6) is 1.96. The van der Waals surface area contributed by atoms with Crippen LogP contribution < -0.4 is 5.73 Å². The van der Waals surface area contributed by atoms with Gasteiger partial charge in [0.25, 0.3) is 0 Å². The lowest BCUT2D eigenvalue weighted by Crippen LogP contribution is -2.53. The van der Waals surface area contributed by atoms with Gasteiger partial charge in [-0.3, -0.25) is 4.90 Å². The molecule has 2 saturated heterocycles. The molecule has 2 aliphatic heterocycles. The van der Waals surface area contributed by atoms with Crippen LogP contribution >= 0.6 is 0 Å². The Kier molecular flexibility index (Phi) is 4.27. The molecule has 2 fully saturated rings. The Hall–Kier alpha value is -0.120. The standard InChI is InChI=1S/C17H34N2O/c1-11-8-12(2)13(3)19(9-11)10-14-15(18)17(6,7)20-16(14,4)5/h11-15H,8-10,18H2,1-7H3. The van der Waals surface area contributed by atoms with E-state index >= 15 is 0 Å². The molecular formula is C17H34N2O. The van der Waals surface area contributed by atoms with E-state index in [1.165, 1.54) is 13.0 Å². The van der Waals surface area contributed by atoms with Gasteiger partial charge in [0.1, 0.15) is 0 Å². The molecule has 0 radical (unpaired) electrons.